The van der Waals surface area contributed by atoms with E-state index in [1.807, 2.05) is 55.6 Å². The number of nitrogens with zero attached hydrogens (tertiary/aromatic N) is 5. The fraction of sp³-hybridized carbons (Fsp3) is 0.308. The fourth-order valence-electron chi connectivity index (χ4n) is 4.33. The number of aromatic nitrogens is 4. The third-order valence-electron chi connectivity index (χ3n) is 6.36. The smallest absolute Gasteiger partial charge is 0.316 e. The van der Waals surface area contributed by atoms with E-state index in [0.29, 0.717) is 23.9 Å². The average molecular weight is 475 g/mol. The van der Waals surface area contributed by atoms with Crippen molar-refractivity contribution in [1.82, 2.24) is 30.1 Å². The molecule has 1 amide bonds. The summed E-state index contributed by atoms with van der Waals surface area (Å²) < 4.78 is 20.1. The molecular weight excluding hydrogens is 447 g/mol. The number of hydrogen-bond donors (Lipinski definition) is 1. The Morgan fingerprint density at radius 1 is 1.11 bits per heavy atom. The molecule has 1 fully saturated rings. The van der Waals surface area contributed by atoms with Gasteiger partial charge in [0.05, 0.1) is 16.9 Å². The average Bonchev–Trinajstić information content (AvgIpc) is 3.52. The Labute approximate surface area is 202 Å². The molecule has 0 spiro atoms. The zero-order chi connectivity index (χ0) is 24.2. The van der Waals surface area contributed by atoms with E-state index < -0.39 is 0 Å². The van der Waals surface area contributed by atoms with E-state index in [-0.39, 0.29) is 17.6 Å². The van der Waals surface area contributed by atoms with Crippen LogP contribution in [0.25, 0.3) is 17.1 Å². The molecule has 2 aromatic heterocycles. The van der Waals surface area contributed by atoms with Crippen LogP contribution in [0, 0.1) is 18.7 Å². The molecule has 0 bridgehead atoms. The molecule has 2 aromatic carbocycles. The van der Waals surface area contributed by atoms with Crippen molar-refractivity contribution in [2.24, 2.45) is 5.92 Å². The van der Waals surface area contributed by atoms with Gasteiger partial charge >= 0.3 is 11.8 Å². The van der Waals surface area contributed by atoms with Crippen molar-refractivity contribution < 1.29 is 13.7 Å². The Kier molecular flexibility index (Phi) is 6.67. The molecular formula is C26H27FN6O2. The van der Waals surface area contributed by atoms with Crippen LogP contribution in [0.15, 0.2) is 65.3 Å². The molecule has 1 saturated heterocycles. The zero-order valence-electron chi connectivity index (χ0n) is 19.5. The van der Waals surface area contributed by atoms with Crippen LogP contribution in [0.2, 0.25) is 0 Å². The molecule has 0 unspecified atom stereocenters. The van der Waals surface area contributed by atoms with Crippen molar-refractivity contribution in [3.63, 3.8) is 0 Å². The molecule has 0 aliphatic carbocycles. The highest BCUT2D eigenvalue weighted by molar-refractivity contribution is 5.89. The van der Waals surface area contributed by atoms with Gasteiger partial charge in [-0.25, -0.2) is 9.07 Å². The number of aryl methyl sites for hydroxylation is 1. The highest BCUT2D eigenvalue weighted by Crippen LogP contribution is 2.22. The van der Waals surface area contributed by atoms with Gasteiger partial charge in [-0.15, -0.1) is 0 Å². The van der Waals surface area contributed by atoms with Crippen molar-refractivity contribution in [3.05, 3.63) is 83.8 Å². The number of carbonyl (C=O) groups is 1. The summed E-state index contributed by atoms with van der Waals surface area (Å²) in [7, 11) is 0. The van der Waals surface area contributed by atoms with E-state index in [0.717, 1.165) is 49.4 Å². The minimum Gasteiger partial charge on any atom is -0.348 e. The predicted octanol–water partition coefficient (Wildman–Crippen LogP) is 4.01. The van der Waals surface area contributed by atoms with E-state index in [1.165, 1.54) is 12.1 Å². The second-order valence-corrected chi connectivity index (χ2v) is 8.89. The lowest BCUT2D eigenvalue weighted by Crippen LogP contribution is -2.38. The van der Waals surface area contributed by atoms with Gasteiger partial charge in [0.15, 0.2) is 0 Å². The first kappa shape index (κ1) is 22.9. The first-order valence-electron chi connectivity index (χ1n) is 11.8. The summed E-state index contributed by atoms with van der Waals surface area (Å²) in [6, 6.07) is 16.4. The number of carbonyl (C=O) groups excluding carboxylic acids is 1. The molecule has 180 valence electrons. The fourth-order valence-corrected chi connectivity index (χ4v) is 4.33. The third kappa shape index (κ3) is 5.46. The highest BCUT2D eigenvalue weighted by Gasteiger charge is 2.23. The van der Waals surface area contributed by atoms with Gasteiger partial charge in [0.25, 0.3) is 0 Å². The molecule has 35 heavy (non-hydrogen) atoms. The number of nitrogens with one attached hydrogen (secondary N) is 1. The van der Waals surface area contributed by atoms with E-state index in [9.17, 15) is 9.18 Å². The predicted molar refractivity (Wildman–Crippen MR) is 128 cm³/mol. The highest BCUT2D eigenvalue weighted by atomic mass is 19.1. The van der Waals surface area contributed by atoms with Gasteiger partial charge in [0.2, 0.25) is 5.82 Å². The Balaban J connectivity index is 1.13. The van der Waals surface area contributed by atoms with Crippen LogP contribution >= 0.6 is 0 Å². The van der Waals surface area contributed by atoms with Crippen LogP contribution in [-0.2, 0) is 6.54 Å². The third-order valence-corrected chi connectivity index (χ3v) is 6.36. The summed E-state index contributed by atoms with van der Waals surface area (Å²) in [5, 5.41) is 11.4. The molecule has 1 aliphatic rings. The summed E-state index contributed by atoms with van der Waals surface area (Å²) in [6.45, 7) is 5.12. The molecule has 4 aromatic rings. The molecule has 3 heterocycles. The van der Waals surface area contributed by atoms with E-state index in [4.69, 9.17) is 4.52 Å². The zero-order valence-corrected chi connectivity index (χ0v) is 19.5. The SMILES string of the molecule is Cc1nn(-c2ccccc2)cc1-c1noc(C(=O)NCC2CCN(Cc3ccc(F)cc3)CC2)n1. The van der Waals surface area contributed by atoms with Crippen molar-refractivity contribution in [1.29, 1.82) is 0 Å². The van der Waals surface area contributed by atoms with Crippen LogP contribution in [-0.4, -0.2) is 50.4 Å². The summed E-state index contributed by atoms with van der Waals surface area (Å²) in [4.78, 5) is 19.3. The van der Waals surface area contributed by atoms with Crippen LogP contribution in [0.3, 0.4) is 0 Å². The molecule has 0 saturated carbocycles. The van der Waals surface area contributed by atoms with Crippen LogP contribution < -0.4 is 5.32 Å². The van der Waals surface area contributed by atoms with Crippen molar-refractivity contribution in [3.8, 4) is 17.1 Å². The Bertz CT molecular complexity index is 1280. The largest absolute Gasteiger partial charge is 0.348 e. The lowest BCUT2D eigenvalue weighted by molar-refractivity contribution is 0.0891. The molecule has 8 nitrogen and oxygen atoms in total. The topological polar surface area (TPSA) is 89.1 Å². The number of rotatable bonds is 7. The minimum absolute atomic E-state index is 0.0550. The maximum Gasteiger partial charge on any atom is 0.316 e. The molecule has 0 radical (unpaired) electrons. The minimum atomic E-state index is -0.370. The Morgan fingerprint density at radius 3 is 2.60 bits per heavy atom. The number of benzene rings is 2. The molecule has 1 N–H and O–H groups in total. The molecule has 1 aliphatic heterocycles. The standard InChI is InChI=1S/C26H27FN6O2/c1-18-23(17-33(30-18)22-5-3-2-4-6-22)24-29-26(35-31-24)25(34)28-15-19-11-13-32(14-12-19)16-20-7-9-21(27)10-8-20/h2-10,17,19H,11-16H2,1H3,(H,28,34). The van der Waals surface area contributed by atoms with Crippen LogP contribution in [0.1, 0.15) is 34.8 Å². The van der Waals surface area contributed by atoms with Gasteiger partial charge in [0.1, 0.15) is 5.82 Å². The number of para-hydroxylation sites is 1. The first-order chi connectivity index (χ1) is 17.0. The quantitative estimate of drug-likeness (QED) is 0.435. The van der Waals surface area contributed by atoms with Gasteiger partial charge < -0.3 is 9.84 Å². The number of amides is 1. The van der Waals surface area contributed by atoms with Crippen molar-refractivity contribution in [2.45, 2.75) is 26.3 Å². The van der Waals surface area contributed by atoms with Crippen molar-refractivity contribution in [2.75, 3.05) is 19.6 Å². The Morgan fingerprint density at radius 2 is 1.86 bits per heavy atom. The van der Waals surface area contributed by atoms with E-state index in [1.54, 1.807) is 4.68 Å². The summed E-state index contributed by atoms with van der Waals surface area (Å²) in [6.07, 6.45) is 3.79. The van der Waals surface area contributed by atoms with Crippen LogP contribution in [0.4, 0.5) is 4.39 Å². The van der Waals surface area contributed by atoms with E-state index in [2.05, 4.69) is 25.5 Å². The second-order valence-electron chi connectivity index (χ2n) is 8.89. The Hall–Kier alpha value is -3.85. The van der Waals surface area contributed by atoms with Gasteiger partial charge in [-0.05, 0) is 68.6 Å². The number of piperidine rings is 1. The molecule has 9 heteroatoms. The maximum absolute atomic E-state index is 13.1. The number of hydrogen-bond acceptors (Lipinski definition) is 6. The lowest BCUT2D eigenvalue weighted by Gasteiger charge is -2.31. The van der Waals surface area contributed by atoms with Gasteiger partial charge in [-0.1, -0.05) is 35.5 Å². The van der Waals surface area contributed by atoms with Gasteiger partial charge in [-0.2, -0.15) is 10.1 Å². The van der Waals surface area contributed by atoms with Crippen LogP contribution in [0.5, 0.6) is 0 Å². The van der Waals surface area contributed by atoms with E-state index >= 15 is 0 Å². The number of likely N-dealkylation sites (tertiary alicyclic amines) is 1. The van der Waals surface area contributed by atoms with Gasteiger partial charge in [0, 0.05) is 19.3 Å². The number of halogens is 1. The second kappa shape index (κ2) is 10.2. The summed E-state index contributed by atoms with van der Waals surface area (Å²) in [5.74, 6) is 0.0845. The monoisotopic (exact) mass is 474 g/mol. The molecule has 0 atom stereocenters. The van der Waals surface area contributed by atoms with Crippen molar-refractivity contribution >= 4 is 5.91 Å². The maximum atomic E-state index is 13.1. The van der Waals surface area contributed by atoms with Gasteiger partial charge in [-0.3, -0.25) is 9.69 Å². The lowest BCUT2D eigenvalue weighted by atomic mass is 9.96. The summed E-state index contributed by atoms with van der Waals surface area (Å²) in [5.41, 5.74) is 3.49. The first-order valence-corrected chi connectivity index (χ1v) is 11.8. The summed E-state index contributed by atoms with van der Waals surface area (Å²) >= 11 is 0. The molecule has 5 rings (SSSR count). The normalized spacial score (nSPS) is 14.8.